The number of aromatic amines is 1. The molecule has 13 N–H and O–H groups in total. The minimum absolute atomic E-state index is 0.0404. The predicted molar refractivity (Wildman–Crippen MR) is 156 cm³/mol. The van der Waals surface area contributed by atoms with Gasteiger partial charge in [0.15, 0.2) is 5.96 Å². The van der Waals surface area contributed by atoms with Gasteiger partial charge in [-0.3, -0.25) is 29.4 Å². The topological polar surface area (TPSA) is 319 Å². The maximum atomic E-state index is 13.6. The van der Waals surface area contributed by atoms with Gasteiger partial charge in [0.05, 0.1) is 24.2 Å². The minimum atomic E-state index is -1.58. The molecule has 0 aliphatic carbocycles. The summed E-state index contributed by atoms with van der Waals surface area (Å²) in [6.45, 7) is 1.53. The minimum Gasteiger partial charge on any atom is -0.481 e. The number of aliphatic hydroxyl groups is 1. The van der Waals surface area contributed by atoms with Crippen molar-refractivity contribution in [3.8, 4) is 0 Å². The molecule has 45 heavy (non-hydrogen) atoms. The van der Waals surface area contributed by atoms with Gasteiger partial charge in [0, 0.05) is 32.1 Å². The van der Waals surface area contributed by atoms with Crippen molar-refractivity contribution in [2.45, 2.75) is 88.2 Å². The summed E-state index contributed by atoms with van der Waals surface area (Å²) in [4.78, 5) is 83.5. The lowest BCUT2D eigenvalue weighted by Gasteiger charge is -2.29. The van der Waals surface area contributed by atoms with Crippen LogP contribution < -0.4 is 32.7 Å². The lowest BCUT2D eigenvalue weighted by molar-refractivity contribution is -0.149. The Labute approximate surface area is 258 Å². The van der Waals surface area contributed by atoms with E-state index in [0.29, 0.717) is 12.1 Å². The molecule has 19 heteroatoms. The van der Waals surface area contributed by atoms with Crippen LogP contribution in [0.4, 0.5) is 0 Å². The number of nitrogens with zero attached hydrogens (tertiary/aromatic N) is 2. The molecule has 6 atom stereocenters. The van der Waals surface area contributed by atoms with Crippen LogP contribution in [-0.2, 0) is 35.2 Å². The second kappa shape index (κ2) is 17.5. The van der Waals surface area contributed by atoms with Gasteiger partial charge in [0.25, 0.3) is 0 Å². The van der Waals surface area contributed by atoms with Crippen LogP contribution >= 0.6 is 0 Å². The number of nitrogens with two attached hydrogens (primary N) is 2. The first kappa shape index (κ1) is 36.4. The molecule has 1 aliphatic rings. The average Bonchev–Trinajstić information content (AvgIpc) is 3.67. The van der Waals surface area contributed by atoms with Gasteiger partial charge in [-0.1, -0.05) is 0 Å². The smallest absolute Gasteiger partial charge is 0.326 e. The molecule has 1 aromatic heterocycles. The van der Waals surface area contributed by atoms with Gasteiger partial charge in [0.1, 0.15) is 24.2 Å². The number of carboxylic acids is 2. The van der Waals surface area contributed by atoms with Crippen LogP contribution in [0.1, 0.15) is 51.1 Å². The Kier molecular flexibility index (Phi) is 14.2. The zero-order chi connectivity index (χ0) is 33.7. The summed E-state index contributed by atoms with van der Waals surface area (Å²) in [7, 11) is 0. The average molecular weight is 639 g/mol. The fraction of sp³-hybridized carbons (Fsp3) is 0.615. The first-order chi connectivity index (χ1) is 21.2. The van der Waals surface area contributed by atoms with Gasteiger partial charge in [-0.05, 0) is 39.0 Å². The number of carboxylic acid groups (broad SMARTS) is 2. The number of likely N-dealkylation sites (tertiary alicyclic amines) is 1. The standard InChI is InChI=1S/C26H42N10O9/c1-13(37)20(35-21(40)15(27)6-7-19(38)39)23(42)33-16(4-2-8-31-26(28)29)22(41)34-17(10-14-11-30-12-32-14)24(43)36-9-3-5-18(36)25(44)45/h11-13,15-18,20,37H,2-10,27H2,1H3,(H,30,32)(H,33,42)(H,34,41)(H,35,40)(H,38,39)(H,44,45)(H4,28,29,31)/t13-,15+,16+,17+,18+,20+/m1/s1. The lowest BCUT2D eigenvalue weighted by Crippen LogP contribution is -2.60. The fourth-order valence-electron chi connectivity index (χ4n) is 4.71. The van der Waals surface area contributed by atoms with Crippen LogP contribution in [0.2, 0.25) is 0 Å². The van der Waals surface area contributed by atoms with Gasteiger partial charge in [-0.15, -0.1) is 0 Å². The SMILES string of the molecule is C[C@@H](O)[C@H](NC(=O)[C@@H](N)CCC(=O)O)C(=O)N[C@@H](CCCNC(=N)N)C(=O)N[C@@H](Cc1c[nH]cn1)C(=O)N1CCC[C@H]1C(=O)O. The lowest BCUT2D eigenvalue weighted by atomic mass is 10.0. The number of rotatable bonds is 18. The molecule has 4 amide bonds. The molecule has 0 bridgehead atoms. The number of carbonyl (C=O) groups is 6. The third kappa shape index (κ3) is 11.7. The number of imidazole rings is 1. The van der Waals surface area contributed by atoms with E-state index in [2.05, 4.69) is 31.2 Å². The molecule has 0 unspecified atom stereocenters. The molecular weight excluding hydrogens is 596 g/mol. The number of hydrogen-bond donors (Lipinski definition) is 11. The molecule has 2 heterocycles. The van der Waals surface area contributed by atoms with Crippen molar-refractivity contribution < 1.29 is 44.1 Å². The molecule has 19 nitrogen and oxygen atoms in total. The first-order valence-corrected chi connectivity index (χ1v) is 14.4. The van der Waals surface area contributed by atoms with E-state index < -0.39 is 78.3 Å². The molecule has 0 saturated carbocycles. The second-order valence-corrected chi connectivity index (χ2v) is 10.7. The molecule has 250 valence electrons. The summed E-state index contributed by atoms with van der Waals surface area (Å²) in [6.07, 6.45) is 1.57. The van der Waals surface area contributed by atoms with E-state index in [0.717, 1.165) is 0 Å². The number of amides is 4. The molecule has 0 aromatic carbocycles. The van der Waals surface area contributed by atoms with Crippen LogP contribution in [0, 0.1) is 5.41 Å². The molecule has 0 spiro atoms. The highest BCUT2D eigenvalue weighted by Crippen LogP contribution is 2.19. The normalized spacial score (nSPS) is 17.7. The van der Waals surface area contributed by atoms with Gasteiger partial charge < -0.3 is 57.9 Å². The van der Waals surface area contributed by atoms with Crippen molar-refractivity contribution in [3.63, 3.8) is 0 Å². The number of nitrogens with one attached hydrogen (secondary N) is 6. The number of H-pyrrole nitrogens is 1. The highest BCUT2D eigenvalue weighted by atomic mass is 16.4. The number of aliphatic hydroxyl groups excluding tert-OH is 1. The quantitative estimate of drug-likeness (QED) is 0.0420. The number of hydrogen-bond acceptors (Lipinski definition) is 10. The van der Waals surface area contributed by atoms with Crippen LogP contribution in [0.3, 0.4) is 0 Å². The van der Waals surface area contributed by atoms with E-state index >= 15 is 0 Å². The largest absolute Gasteiger partial charge is 0.481 e. The zero-order valence-corrected chi connectivity index (χ0v) is 24.8. The highest BCUT2D eigenvalue weighted by molar-refractivity contribution is 5.96. The van der Waals surface area contributed by atoms with Gasteiger partial charge in [-0.2, -0.15) is 0 Å². The Morgan fingerprint density at radius 1 is 1.09 bits per heavy atom. The number of guanidine groups is 1. The highest BCUT2D eigenvalue weighted by Gasteiger charge is 2.39. The Morgan fingerprint density at radius 2 is 1.78 bits per heavy atom. The van der Waals surface area contributed by atoms with Crippen molar-refractivity contribution >= 4 is 41.5 Å². The van der Waals surface area contributed by atoms with E-state index in [1.165, 1.54) is 24.3 Å². The summed E-state index contributed by atoms with van der Waals surface area (Å²) >= 11 is 0. The van der Waals surface area contributed by atoms with Crippen molar-refractivity contribution in [2.24, 2.45) is 11.5 Å². The van der Waals surface area contributed by atoms with Crippen LogP contribution in [0.5, 0.6) is 0 Å². The predicted octanol–water partition coefficient (Wildman–Crippen LogP) is -3.68. The van der Waals surface area contributed by atoms with Crippen LogP contribution in [0.15, 0.2) is 12.5 Å². The molecule has 1 saturated heterocycles. The van der Waals surface area contributed by atoms with Gasteiger partial charge >= 0.3 is 11.9 Å². The zero-order valence-electron chi connectivity index (χ0n) is 24.8. The second-order valence-electron chi connectivity index (χ2n) is 10.7. The van der Waals surface area contributed by atoms with E-state index in [9.17, 15) is 39.0 Å². The van der Waals surface area contributed by atoms with Crippen molar-refractivity contribution in [3.05, 3.63) is 18.2 Å². The summed E-state index contributed by atoms with van der Waals surface area (Å²) in [5, 5.41) is 45.9. The van der Waals surface area contributed by atoms with Crippen molar-refractivity contribution in [1.29, 1.82) is 5.41 Å². The fourth-order valence-corrected chi connectivity index (χ4v) is 4.71. The van der Waals surface area contributed by atoms with Crippen molar-refractivity contribution in [1.82, 2.24) is 36.1 Å². The summed E-state index contributed by atoms with van der Waals surface area (Å²) in [5.41, 5.74) is 11.4. The summed E-state index contributed by atoms with van der Waals surface area (Å²) < 4.78 is 0. The third-order valence-electron chi connectivity index (χ3n) is 7.09. The maximum Gasteiger partial charge on any atom is 0.326 e. The molecule has 0 radical (unpaired) electrons. The first-order valence-electron chi connectivity index (χ1n) is 14.4. The molecule has 1 fully saturated rings. The van der Waals surface area contributed by atoms with Crippen LogP contribution in [-0.4, -0.2) is 121 Å². The molecule has 2 rings (SSSR count). The Bertz CT molecular complexity index is 1210. The number of aliphatic carboxylic acids is 2. The van der Waals surface area contributed by atoms with E-state index in [1.54, 1.807) is 0 Å². The summed E-state index contributed by atoms with van der Waals surface area (Å²) in [6, 6.07) is -6.52. The molecule has 1 aromatic rings. The van der Waals surface area contributed by atoms with Crippen LogP contribution in [0.25, 0.3) is 0 Å². The number of carbonyl (C=O) groups excluding carboxylic acids is 4. The van der Waals surface area contributed by atoms with E-state index in [-0.39, 0.29) is 51.2 Å². The van der Waals surface area contributed by atoms with Gasteiger partial charge in [0.2, 0.25) is 23.6 Å². The van der Waals surface area contributed by atoms with Gasteiger partial charge in [-0.25, -0.2) is 9.78 Å². The third-order valence-corrected chi connectivity index (χ3v) is 7.09. The Morgan fingerprint density at radius 3 is 2.36 bits per heavy atom. The molecular formula is C26H42N10O9. The van der Waals surface area contributed by atoms with Crippen molar-refractivity contribution in [2.75, 3.05) is 13.1 Å². The van der Waals surface area contributed by atoms with E-state index in [4.69, 9.17) is 22.0 Å². The Hall–Kier alpha value is -4.78. The number of aromatic nitrogens is 2. The summed E-state index contributed by atoms with van der Waals surface area (Å²) in [5.74, 6) is -6.01. The Balaban J connectivity index is 2.26. The monoisotopic (exact) mass is 638 g/mol. The maximum absolute atomic E-state index is 13.6. The molecule has 1 aliphatic heterocycles. The van der Waals surface area contributed by atoms with E-state index in [1.807, 2.05) is 0 Å².